The van der Waals surface area contributed by atoms with Gasteiger partial charge in [-0.3, -0.25) is 18.6 Å². The minimum absolute atomic E-state index is 0.0661. The molecule has 0 amide bonds. The number of carbonyl (C=O) groups excluding carboxylic acids is 2. The normalized spacial score (nSPS) is 14.5. The molecule has 0 aromatic carbocycles. The Morgan fingerprint density at radius 2 is 1.24 bits per heavy atom. The van der Waals surface area contributed by atoms with Gasteiger partial charge in [-0.15, -0.1) is 0 Å². The Balaban J connectivity index is 4.52. The molecule has 0 spiro atoms. The van der Waals surface area contributed by atoms with E-state index in [-0.39, 0.29) is 19.4 Å². The van der Waals surface area contributed by atoms with E-state index < -0.39 is 51.8 Å². The summed E-state index contributed by atoms with van der Waals surface area (Å²) in [4.78, 5) is 34.4. The number of rotatable bonds is 30. The third-order valence-electron chi connectivity index (χ3n) is 6.70. The first-order chi connectivity index (χ1) is 20.2. The summed E-state index contributed by atoms with van der Waals surface area (Å²) in [7, 11) is -4.60. The van der Waals surface area contributed by atoms with Crippen LogP contribution in [-0.4, -0.2) is 65.7 Å². The van der Waals surface area contributed by atoms with Crippen LogP contribution in [0.1, 0.15) is 136 Å². The second-order valence-corrected chi connectivity index (χ2v) is 12.3. The maximum absolute atomic E-state index is 12.4. The lowest BCUT2D eigenvalue weighted by Crippen LogP contribution is -2.29. The fourth-order valence-electron chi connectivity index (χ4n) is 4.15. The molecule has 0 rings (SSSR count). The molecule has 0 saturated carbocycles. The van der Waals surface area contributed by atoms with Crippen molar-refractivity contribution < 1.29 is 47.8 Å². The van der Waals surface area contributed by atoms with Gasteiger partial charge < -0.3 is 24.6 Å². The molecule has 42 heavy (non-hydrogen) atoms. The standard InChI is InChI=1S/C31H59O10P/c1-3-5-7-9-11-13-15-17-19-21-23-31(35)41-29(27-40-42(36,37)39-25-28(33)24-32)26-38-30(34)22-20-18-16-14-12-10-8-6-4-2/h18,20,28-29,32-33H,3-17,19,21-27H2,1-2H3,(H,36,37)/b20-18-/t28-,29+/m0/s1. The van der Waals surface area contributed by atoms with Gasteiger partial charge in [-0.2, -0.15) is 0 Å². The molecule has 3 atom stereocenters. The Kier molecular flexibility index (Phi) is 27.6. The van der Waals surface area contributed by atoms with Gasteiger partial charge in [0.2, 0.25) is 0 Å². The lowest BCUT2D eigenvalue weighted by molar-refractivity contribution is -0.160. The quantitative estimate of drug-likeness (QED) is 0.0333. The maximum atomic E-state index is 12.4. The molecule has 0 radical (unpaired) electrons. The largest absolute Gasteiger partial charge is 0.472 e. The van der Waals surface area contributed by atoms with Crippen LogP contribution in [0.5, 0.6) is 0 Å². The summed E-state index contributed by atoms with van der Waals surface area (Å²) in [5.41, 5.74) is 0. The number of hydrogen-bond donors (Lipinski definition) is 3. The number of phosphoric ester groups is 1. The summed E-state index contributed by atoms with van der Waals surface area (Å²) in [5.74, 6) is -1.03. The third-order valence-corrected chi connectivity index (χ3v) is 7.65. The summed E-state index contributed by atoms with van der Waals surface area (Å²) in [6.45, 7) is 2.24. The highest BCUT2D eigenvalue weighted by molar-refractivity contribution is 7.47. The molecule has 3 N–H and O–H groups in total. The van der Waals surface area contributed by atoms with Crippen LogP contribution in [0, 0.1) is 0 Å². The molecular formula is C31H59O10P. The van der Waals surface area contributed by atoms with Crippen molar-refractivity contribution in [3.8, 4) is 0 Å². The molecule has 0 heterocycles. The molecule has 1 unspecified atom stereocenters. The number of aliphatic hydroxyl groups is 2. The van der Waals surface area contributed by atoms with Gasteiger partial charge in [-0.05, 0) is 19.3 Å². The number of phosphoric acid groups is 1. The smallest absolute Gasteiger partial charge is 0.461 e. The van der Waals surface area contributed by atoms with Crippen LogP contribution >= 0.6 is 7.82 Å². The minimum atomic E-state index is -4.60. The van der Waals surface area contributed by atoms with Crippen molar-refractivity contribution in [2.24, 2.45) is 0 Å². The first-order valence-electron chi connectivity index (χ1n) is 16.1. The number of ether oxygens (including phenoxy) is 2. The zero-order valence-corrected chi connectivity index (χ0v) is 27.1. The van der Waals surface area contributed by atoms with Crippen LogP contribution < -0.4 is 0 Å². The van der Waals surface area contributed by atoms with Crippen molar-refractivity contribution in [1.82, 2.24) is 0 Å². The van der Waals surface area contributed by atoms with Crippen molar-refractivity contribution >= 4 is 19.8 Å². The van der Waals surface area contributed by atoms with Crippen LogP contribution in [0.2, 0.25) is 0 Å². The van der Waals surface area contributed by atoms with Gasteiger partial charge in [0.1, 0.15) is 12.7 Å². The molecule has 0 fully saturated rings. The van der Waals surface area contributed by atoms with Gasteiger partial charge in [-0.1, -0.05) is 116 Å². The summed E-state index contributed by atoms with van der Waals surface area (Å²) < 4.78 is 32.2. The molecular weight excluding hydrogens is 563 g/mol. The molecule has 0 aliphatic heterocycles. The average Bonchev–Trinajstić information content (AvgIpc) is 2.97. The lowest BCUT2D eigenvalue weighted by atomic mass is 10.1. The van der Waals surface area contributed by atoms with E-state index in [4.69, 9.17) is 19.1 Å². The average molecular weight is 623 g/mol. The van der Waals surface area contributed by atoms with E-state index in [1.165, 1.54) is 70.6 Å². The van der Waals surface area contributed by atoms with Gasteiger partial charge in [0.05, 0.1) is 26.2 Å². The van der Waals surface area contributed by atoms with Crippen molar-refractivity contribution in [3.05, 3.63) is 12.2 Å². The third kappa shape index (κ3) is 27.5. The highest BCUT2D eigenvalue weighted by Gasteiger charge is 2.27. The summed E-state index contributed by atoms with van der Waals surface area (Å²) in [6.07, 6.45) is 20.9. The Labute approximate surface area is 254 Å². The van der Waals surface area contributed by atoms with Crippen molar-refractivity contribution in [1.29, 1.82) is 0 Å². The van der Waals surface area contributed by atoms with Crippen molar-refractivity contribution in [2.75, 3.05) is 26.4 Å². The fraction of sp³-hybridized carbons (Fsp3) is 0.871. The van der Waals surface area contributed by atoms with E-state index >= 15 is 0 Å². The predicted octanol–water partition coefficient (Wildman–Crippen LogP) is 6.94. The van der Waals surface area contributed by atoms with Crippen LogP contribution in [0.15, 0.2) is 12.2 Å². The summed E-state index contributed by atoms with van der Waals surface area (Å²) in [6, 6.07) is 0. The van der Waals surface area contributed by atoms with Gasteiger partial charge in [0, 0.05) is 6.42 Å². The fourth-order valence-corrected chi connectivity index (χ4v) is 4.94. The Morgan fingerprint density at radius 1 is 0.714 bits per heavy atom. The lowest BCUT2D eigenvalue weighted by Gasteiger charge is -2.20. The number of hydrogen-bond acceptors (Lipinski definition) is 9. The number of allylic oxidation sites excluding steroid dienone is 1. The molecule has 0 aromatic heterocycles. The van der Waals surface area contributed by atoms with Crippen molar-refractivity contribution in [3.63, 3.8) is 0 Å². The Morgan fingerprint density at radius 3 is 1.81 bits per heavy atom. The van der Waals surface area contributed by atoms with E-state index in [2.05, 4.69) is 18.4 Å². The number of carbonyl (C=O) groups is 2. The molecule has 0 aromatic rings. The summed E-state index contributed by atoms with van der Waals surface area (Å²) in [5, 5.41) is 18.2. The molecule has 0 aliphatic rings. The number of unbranched alkanes of at least 4 members (excludes halogenated alkanes) is 15. The molecule has 11 heteroatoms. The number of aliphatic hydroxyl groups excluding tert-OH is 2. The van der Waals surface area contributed by atoms with Gasteiger partial charge in [0.15, 0.2) is 6.10 Å². The minimum Gasteiger partial charge on any atom is -0.461 e. The second-order valence-electron chi connectivity index (χ2n) is 10.9. The zero-order chi connectivity index (χ0) is 31.3. The molecule has 0 bridgehead atoms. The van der Waals surface area contributed by atoms with Gasteiger partial charge >= 0.3 is 19.8 Å². The van der Waals surface area contributed by atoms with Crippen LogP contribution in [0.4, 0.5) is 0 Å². The van der Waals surface area contributed by atoms with E-state index in [0.29, 0.717) is 6.42 Å². The van der Waals surface area contributed by atoms with E-state index in [1.54, 1.807) is 6.08 Å². The van der Waals surface area contributed by atoms with Gasteiger partial charge in [-0.25, -0.2) is 4.57 Å². The first kappa shape index (κ1) is 40.7. The van der Waals surface area contributed by atoms with Crippen LogP contribution in [0.3, 0.4) is 0 Å². The SMILES string of the molecule is CCCCCCCC/C=C\CC(=O)OC[C@H](COP(=O)(O)OC[C@@H](O)CO)OC(=O)CCCCCCCCCCCC. The Bertz CT molecular complexity index is 731. The van der Waals surface area contributed by atoms with Gasteiger partial charge in [0.25, 0.3) is 0 Å². The molecule has 248 valence electrons. The number of esters is 2. The Hall–Kier alpha value is -1.29. The highest BCUT2D eigenvalue weighted by Crippen LogP contribution is 2.43. The molecule has 0 aliphatic carbocycles. The zero-order valence-electron chi connectivity index (χ0n) is 26.2. The van der Waals surface area contributed by atoms with Crippen molar-refractivity contribution in [2.45, 2.75) is 148 Å². The topological polar surface area (TPSA) is 149 Å². The highest BCUT2D eigenvalue weighted by atomic mass is 31.2. The molecule has 0 saturated heterocycles. The van der Waals surface area contributed by atoms with E-state index in [0.717, 1.165) is 32.1 Å². The van der Waals surface area contributed by atoms with Crippen LogP contribution in [-0.2, 0) is 32.7 Å². The maximum Gasteiger partial charge on any atom is 0.472 e. The van der Waals surface area contributed by atoms with E-state index in [9.17, 15) is 24.2 Å². The monoisotopic (exact) mass is 622 g/mol. The van der Waals surface area contributed by atoms with Crippen LogP contribution in [0.25, 0.3) is 0 Å². The predicted molar refractivity (Wildman–Crippen MR) is 164 cm³/mol. The summed E-state index contributed by atoms with van der Waals surface area (Å²) >= 11 is 0. The second kappa shape index (κ2) is 28.5. The molecule has 10 nitrogen and oxygen atoms in total. The van der Waals surface area contributed by atoms with E-state index in [1.807, 2.05) is 6.08 Å². The first-order valence-corrected chi connectivity index (χ1v) is 17.6.